The Kier molecular flexibility index (Phi) is 4.84. The van der Waals surface area contributed by atoms with E-state index in [1.54, 1.807) is 36.3 Å². The molecule has 0 radical (unpaired) electrons. The number of rotatable bonds is 3. The Hall–Kier alpha value is -2.75. The summed E-state index contributed by atoms with van der Waals surface area (Å²) in [6, 6.07) is 2.35. The molecule has 2 aliphatic rings. The van der Waals surface area contributed by atoms with Crippen molar-refractivity contribution in [3.05, 3.63) is 52.4 Å². The van der Waals surface area contributed by atoms with Gasteiger partial charge < -0.3 is 10.1 Å². The standard InChI is InChI=1S/C20H15Cl2N5O3S/c1-26-17-9(7-24-26)6-23-8-14(17)27-19(28)18-13(25-20(27)29)5-16(31-18)10-3-15(30-2)12(22)4-11(10)21/h3-8,13,18H,1-2H3,(H,25,29). The van der Waals surface area contributed by atoms with Gasteiger partial charge in [-0.25, -0.2) is 9.69 Å². The van der Waals surface area contributed by atoms with Crippen LogP contribution in [-0.2, 0) is 11.8 Å². The van der Waals surface area contributed by atoms with E-state index in [1.807, 2.05) is 6.08 Å². The highest BCUT2D eigenvalue weighted by molar-refractivity contribution is 8.09. The molecule has 2 aromatic heterocycles. The molecular formula is C20H15Cl2N5O3S. The number of amides is 3. The number of pyridine rings is 1. The van der Waals surface area contributed by atoms with Crippen LogP contribution in [0.5, 0.6) is 5.75 Å². The highest BCUT2D eigenvalue weighted by atomic mass is 35.5. The predicted octanol–water partition coefficient (Wildman–Crippen LogP) is 3.87. The summed E-state index contributed by atoms with van der Waals surface area (Å²) in [7, 11) is 3.27. The number of anilines is 1. The number of halogens is 2. The summed E-state index contributed by atoms with van der Waals surface area (Å²) in [6.07, 6.45) is 6.61. The molecule has 3 aromatic rings. The van der Waals surface area contributed by atoms with E-state index in [0.717, 1.165) is 15.2 Å². The zero-order valence-electron chi connectivity index (χ0n) is 16.3. The van der Waals surface area contributed by atoms with Crippen LogP contribution in [0.2, 0.25) is 10.0 Å². The lowest BCUT2D eigenvalue weighted by atomic mass is 10.1. The fourth-order valence-corrected chi connectivity index (χ4v) is 5.70. The van der Waals surface area contributed by atoms with Gasteiger partial charge in [0, 0.05) is 29.1 Å². The van der Waals surface area contributed by atoms with Crippen molar-refractivity contribution < 1.29 is 14.3 Å². The van der Waals surface area contributed by atoms with Gasteiger partial charge in [-0.3, -0.25) is 14.5 Å². The maximum atomic E-state index is 13.4. The molecular weight excluding hydrogens is 461 g/mol. The Balaban J connectivity index is 1.51. The lowest BCUT2D eigenvalue weighted by Crippen LogP contribution is -2.60. The van der Waals surface area contributed by atoms with Gasteiger partial charge >= 0.3 is 6.03 Å². The number of nitrogens with one attached hydrogen (secondary N) is 1. The van der Waals surface area contributed by atoms with E-state index in [1.165, 1.54) is 25.1 Å². The van der Waals surface area contributed by atoms with E-state index in [9.17, 15) is 9.59 Å². The number of aromatic nitrogens is 3. The summed E-state index contributed by atoms with van der Waals surface area (Å²) in [6.45, 7) is 0. The van der Waals surface area contributed by atoms with Crippen molar-refractivity contribution >= 4 is 68.4 Å². The van der Waals surface area contributed by atoms with Crippen molar-refractivity contribution in [2.24, 2.45) is 7.05 Å². The third kappa shape index (κ3) is 3.15. The van der Waals surface area contributed by atoms with Crippen LogP contribution in [0, 0.1) is 0 Å². The summed E-state index contributed by atoms with van der Waals surface area (Å²) >= 11 is 13.9. The SMILES string of the molecule is COc1cc(C2=CC3NC(=O)N(c4cncc5cnn(C)c45)C(=O)C3S2)c(Cl)cc1Cl. The fourth-order valence-electron chi connectivity index (χ4n) is 3.79. The highest BCUT2D eigenvalue weighted by Crippen LogP contribution is 2.46. The molecule has 2 atom stereocenters. The first kappa shape index (κ1) is 20.2. The van der Waals surface area contributed by atoms with Crippen molar-refractivity contribution in [1.29, 1.82) is 0 Å². The smallest absolute Gasteiger partial charge is 0.329 e. The molecule has 31 heavy (non-hydrogen) atoms. The maximum absolute atomic E-state index is 13.4. The third-order valence-corrected chi connectivity index (χ3v) is 7.20. The predicted molar refractivity (Wildman–Crippen MR) is 121 cm³/mol. The van der Waals surface area contributed by atoms with Crippen LogP contribution in [0.3, 0.4) is 0 Å². The molecule has 8 nitrogen and oxygen atoms in total. The van der Waals surface area contributed by atoms with Crippen LogP contribution in [-0.4, -0.2) is 45.1 Å². The number of urea groups is 1. The van der Waals surface area contributed by atoms with Crippen molar-refractivity contribution in [2.45, 2.75) is 11.3 Å². The largest absolute Gasteiger partial charge is 0.495 e. The first-order chi connectivity index (χ1) is 14.9. The highest BCUT2D eigenvalue weighted by Gasteiger charge is 2.46. The summed E-state index contributed by atoms with van der Waals surface area (Å²) in [5.74, 6) is 0.140. The average molecular weight is 476 g/mol. The minimum atomic E-state index is -0.547. The number of carbonyl (C=O) groups is 2. The van der Waals surface area contributed by atoms with Gasteiger partial charge in [0.1, 0.15) is 11.0 Å². The Bertz CT molecular complexity index is 1290. The molecule has 0 aliphatic carbocycles. The van der Waals surface area contributed by atoms with E-state index < -0.39 is 17.3 Å². The Morgan fingerprint density at radius 2 is 1.97 bits per heavy atom. The van der Waals surface area contributed by atoms with Crippen LogP contribution in [0.15, 0.2) is 36.8 Å². The van der Waals surface area contributed by atoms with E-state index in [0.29, 0.717) is 32.6 Å². The first-order valence-corrected chi connectivity index (χ1v) is 10.8. The Labute approximate surface area is 191 Å². The van der Waals surface area contributed by atoms with E-state index >= 15 is 0 Å². The van der Waals surface area contributed by atoms with Crippen LogP contribution in [0.1, 0.15) is 5.56 Å². The first-order valence-electron chi connectivity index (χ1n) is 9.21. The number of nitrogens with zero attached hydrogens (tertiary/aromatic N) is 4. The van der Waals surface area contributed by atoms with E-state index in [4.69, 9.17) is 27.9 Å². The summed E-state index contributed by atoms with van der Waals surface area (Å²) in [4.78, 5) is 32.4. The minimum absolute atomic E-state index is 0.336. The normalized spacial score (nSPS) is 20.6. The molecule has 2 aliphatic heterocycles. The molecule has 0 bridgehead atoms. The van der Waals surface area contributed by atoms with Gasteiger partial charge in [-0.2, -0.15) is 5.10 Å². The molecule has 11 heteroatoms. The second-order valence-electron chi connectivity index (χ2n) is 7.05. The van der Waals surface area contributed by atoms with Gasteiger partial charge in [0.2, 0.25) is 0 Å². The number of benzene rings is 1. The van der Waals surface area contributed by atoms with Crippen molar-refractivity contribution in [3.63, 3.8) is 0 Å². The van der Waals surface area contributed by atoms with Crippen LogP contribution in [0.25, 0.3) is 15.8 Å². The quantitative estimate of drug-likeness (QED) is 0.618. The number of carbonyl (C=O) groups excluding carboxylic acids is 2. The topological polar surface area (TPSA) is 89.3 Å². The van der Waals surface area contributed by atoms with E-state index in [2.05, 4.69) is 15.4 Å². The van der Waals surface area contributed by atoms with Gasteiger partial charge in [-0.1, -0.05) is 23.2 Å². The number of fused-ring (bicyclic) bond motifs is 2. The third-order valence-electron chi connectivity index (χ3n) is 5.24. The van der Waals surface area contributed by atoms with Gasteiger partial charge in [0.25, 0.3) is 5.91 Å². The van der Waals surface area contributed by atoms with Crippen LogP contribution >= 0.6 is 35.0 Å². The van der Waals surface area contributed by atoms with Crippen molar-refractivity contribution in [2.75, 3.05) is 12.0 Å². The van der Waals surface area contributed by atoms with Crippen LogP contribution < -0.4 is 15.0 Å². The monoisotopic (exact) mass is 475 g/mol. The lowest BCUT2D eigenvalue weighted by Gasteiger charge is -2.33. The number of hydrogen-bond acceptors (Lipinski definition) is 6. The Morgan fingerprint density at radius 3 is 2.74 bits per heavy atom. The molecule has 1 saturated heterocycles. The lowest BCUT2D eigenvalue weighted by molar-refractivity contribution is -0.118. The molecule has 4 heterocycles. The summed E-state index contributed by atoms with van der Waals surface area (Å²) in [5, 5.41) is 8.13. The molecule has 2 unspecified atom stereocenters. The van der Waals surface area contributed by atoms with Gasteiger partial charge in [0.15, 0.2) is 0 Å². The van der Waals surface area contributed by atoms with Gasteiger partial charge in [0.05, 0.1) is 46.8 Å². The maximum Gasteiger partial charge on any atom is 0.329 e. The molecule has 1 fully saturated rings. The van der Waals surface area contributed by atoms with Gasteiger partial charge in [-0.15, -0.1) is 11.8 Å². The molecule has 3 amide bonds. The average Bonchev–Trinajstić information content (AvgIpc) is 3.32. The molecule has 5 rings (SSSR count). The second-order valence-corrected chi connectivity index (χ2v) is 9.05. The summed E-state index contributed by atoms with van der Waals surface area (Å²) in [5.41, 5.74) is 1.73. The summed E-state index contributed by atoms with van der Waals surface area (Å²) < 4.78 is 6.90. The molecule has 1 N–H and O–H groups in total. The zero-order valence-corrected chi connectivity index (χ0v) is 18.6. The fraction of sp³-hybridized carbons (Fsp3) is 0.200. The zero-order chi connectivity index (χ0) is 21.9. The minimum Gasteiger partial charge on any atom is -0.495 e. The molecule has 0 spiro atoms. The molecule has 158 valence electrons. The second kappa shape index (κ2) is 7.44. The van der Waals surface area contributed by atoms with Crippen molar-refractivity contribution in [3.8, 4) is 5.75 Å². The van der Waals surface area contributed by atoms with Crippen LogP contribution in [0.4, 0.5) is 10.5 Å². The number of hydrogen-bond donors (Lipinski definition) is 1. The number of methoxy groups -OCH3 is 1. The Morgan fingerprint density at radius 1 is 1.16 bits per heavy atom. The number of aryl methyl sites for hydroxylation is 1. The number of imide groups is 1. The molecule has 1 aromatic carbocycles. The van der Waals surface area contributed by atoms with E-state index in [-0.39, 0.29) is 5.91 Å². The van der Waals surface area contributed by atoms with Gasteiger partial charge in [-0.05, 0) is 18.2 Å². The number of thioether (sulfide) groups is 1. The number of ether oxygens (including phenoxy) is 1. The van der Waals surface area contributed by atoms with Crippen molar-refractivity contribution in [1.82, 2.24) is 20.1 Å². The molecule has 0 saturated carbocycles.